The van der Waals surface area contributed by atoms with Crippen molar-refractivity contribution in [1.29, 1.82) is 0 Å². The Kier molecular flexibility index (Phi) is 6.85. The molecule has 0 spiro atoms. The maximum absolute atomic E-state index is 5.79. The second-order valence-electron chi connectivity index (χ2n) is 6.38. The van der Waals surface area contributed by atoms with Gasteiger partial charge in [-0.2, -0.15) is 0 Å². The van der Waals surface area contributed by atoms with Crippen LogP contribution >= 0.6 is 0 Å². The quantitative estimate of drug-likeness (QED) is 0.591. The van der Waals surface area contributed by atoms with Crippen LogP contribution < -0.4 is 15.5 Å². The van der Waals surface area contributed by atoms with Gasteiger partial charge in [-0.15, -0.1) is 0 Å². The van der Waals surface area contributed by atoms with Gasteiger partial charge in [-0.25, -0.2) is 4.98 Å². The second kappa shape index (κ2) is 8.87. The van der Waals surface area contributed by atoms with Crippen LogP contribution in [0.5, 0.6) is 0 Å². The van der Waals surface area contributed by atoms with Gasteiger partial charge in [0.25, 0.3) is 0 Å². The SMILES string of the molecule is CCN(CC)c1ccc(CNC(=NC)NCC2(C)CCCO2)cn1. The van der Waals surface area contributed by atoms with E-state index in [9.17, 15) is 0 Å². The summed E-state index contributed by atoms with van der Waals surface area (Å²) in [6.45, 7) is 10.7. The Balaban J connectivity index is 1.82. The first-order valence-corrected chi connectivity index (χ1v) is 8.88. The summed E-state index contributed by atoms with van der Waals surface area (Å²) >= 11 is 0. The minimum Gasteiger partial charge on any atom is -0.373 e. The summed E-state index contributed by atoms with van der Waals surface area (Å²) in [4.78, 5) is 11.1. The van der Waals surface area contributed by atoms with Gasteiger partial charge in [-0.3, -0.25) is 4.99 Å². The molecule has 1 aliphatic rings. The molecule has 6 nitrogen and oxygen atoms in total. The first kappa shape index (κ1) is 18.5. The van der Waals surface area contributed by atoms with Gasteiger partial charge in [0.2, 0.25) is 0 Å². The van der Waals surface area contributed by atoms with Crippen molar-refractivity contribution in [3.8, 4) is 0 Å². The Labute approximate surface area is 145 Å². The van der Waals surface area contributed by atoms with Crippen molar-refractivity contribution in [2.45, 2.75) is 45.8 Å². The molecule has 1 aromatic heterocycles. The average Bonchev–Trinajstić information content (AvgIpc) is 3.04. The average molecular weight is 333 g/mol. The Morgan fingerprint density at radius 1 is 1.33 bits per heavy atom. The van der Waals surface area contributed by atoms with Crippen LogP contribution in [0, 0.1) is 0 Å². The zero-order valence-corrected chi connectivity index (χ0v) is 15.4. The largest absolute Gasteiger partial charge is 0.373 e. The highest BCUT2D eigenvalue weighted by atomic mass is 16.5. The molecule has 2 rings (SSSR count). The molecule has 0 aromatic carbocycles. The van der Waals surface area contributed by atoms with Gasteiger partial charge in [-0.1, -0.05) is 6.07 Å². The standard InChI is InChI=1S/C18H31N5O/c1-5-23(6-2)16-9-8-15(12-20-16)13-21-17(19-4)22-14-18(3)10-7-11-24-18/h8-9,12H,5-7,10-11,13-14H2,1-4H3,(H2,19,21,22). The fraction of sp³-hybridized carbons (Fsp3) is 0.667. The first-order valence-electron chi connectivity index (χ1n) is 8.88. The molecule has 134 valence electrons. The Morgan fingerprint density at radius 3 is 2.67 bits per heavy atom. The molecule has 0 saturated carbocycles. The van der Waals surface area contributed by atoms with Crippen LogP contribution in [-0.2, 0) is 11.3 Å². The maximum atomic E-state index is 5.79. The lowest BCUT2D eigenvalue weighted by atomic mass is 10.0. The summed E-state index contributed by atoms with van der Waals surface area (Å²) in [5, 5.41) is 6.69. The van der Waals surface area contributed by atoms with Gasteiger partial charge in [0.05, 0.1) is 5.60 Å². The van der Waals surface area contributed by atoms with Crippen molar-refractivity contribution >= 4 is 11.8 Å². The lowest BCUT2D eigenvalue weighted by Crippen LogP contribution is -2.45. The van der Waals surface area contributed by atoms with E-state index in [-0.39, 0.29) is 5.60 Å². The smallest absolute Gasteiger partial charge is 0.191 e. The predicted octanol–water partition coefficient (Wildman–Crippen LogP) is 2.16. The van der Waals surface area contributed by atoms with E-state index in [0.717, 1.165) is 56.4 Å². The topological polar surface area (TPSA) is 61.8 Å². The molecule has 6 heteroatoms. The van der Waals surface area contributed by atoms with Crippen molar-refractivity contribution in [1.82, 2.24) is 15.6 Å². The third-order valence-electron chi connectivity index (χ3n) is 4.51. The molecule has 0 amide bonds. The number of guanidine groups is 1. The number of aliphatic imine (C=N–C) groups is 1. The molecule has 0 radical (unpaired) electrons. The Hall–Kier alpha value is -1.82. The van der Waals surface area contributed by atoms with E-state index >= 15 is 0 Å². The van der Waals surface area contributed by atoms with Gasteiger partial charge in [0, 0.05) is 46.0 Å². The van der Waals surface area contributed by atoms with Crippen LogP contribution in [0.15, 0.2) is 23.3 Å². The molecule has 1 atom stereocenters. The normalized spacial score (nSPS) is 20.9. The lowest BCUT2D eigenvalue weighted by Gasteiger charge is -2.24. The Bertz CT molecular complexity index is 519. The zero-order valence-electron chi connectivity index (χ0n) is 15.4. The van der Waals surface area contributed by atoms with Gasteiger partial charge in [-0.05, 0) is 45.2 Å². The third-order valence-corrected chi connectivity index (χ3v) is 4.51. The number of rotatable bonds is 7. The van der Waals surface area contributed by atoms with Crippen LogP contribution in [0.2, 0.25) is 0 Å². The minimum absolute atomic E-state index is 0.0788. The highest BCUT2D eigenvalue weighted by molar-refractivity contribution is 5.79. The molecule has 1 unspecified atom stereocenters. The monoisotopic (exact) mass is 333 g/mol. The molecular formula is C18H31N5O. The molecule has 1 fully saturated rings. The number of nitrogens with one attached hydrogen (secondary N) is 2. The summed E-state index contributed by atoms with van der Waals surface area (Å²) < 4.78 is 5.79. The molecule has 1 aromatic rings. The van der Waals surface area contributed by atoms with Gasteiger partial charge in [0.15, 0.2) is 5.96 Å². The summed E-state index contributed by atoms with van der Waals surface area (Å²) in [7, 11) is 1.79. The number of ether oxygens (including phenoxy) is 1. The van der Waals surface area contributed by atoms with E-state index < -0.39 is 0 Å². The highest BCUT2D eigenvalue weighted by Crippen LogP contribution is 2.23. The van der Waals surface area contributed by atoms with Crippen LogP contribution in [0.1, 0.15) is 39.2 Å². The number of aromatic nitrogens is 1. The first-order chi connectivity index (χ1) is 11.6. The molecule has 24 heavy (non-hydrogen) atoms. The van der Waals surface area contributed by atoms with Crippen molar-refractivity contribution in [2.75, 3.05) is 38.2 Å². The maximum Gasteiger partial charge on any atom is 0.191 e. The van der Waals surface area contributed by atoms with Crippen LogP contribution in [-0.4, -0.2) is 49.8 Å². The van der Waals surface area contributed by atoms with Gasteiger partial charge in [0.1, 0.15) is 5.82 Å². The number of nitrogens with zero attached hydrogens (tertiary/aromatic N) is 3. The van der Waals surface area contributed by atoms with Crippen LogP contribution in [0.3, 0.4) is 0 Å². The molecular weight excluding hydrogens is 302 g/mol. The van der Waals surface area contributed by atoms with E-state index in [4.69, 9.17) is 4.74 Å². The molecule has 2 N–H and O–H groups in total. The predicted molar refractivity (Wildman–Crippen MR) is 99.6 cm³/mol. The molecule has 0 bridgehead atoms. The highest BCUT2D eigenvalue weighted by Gasteiger charge is 2.29. The summed E-state index contributed by atoms with van der Waals surface area (Å²) in [5.41, 5.74) is 1.06. The fourth-order valence-electron chi connectivity index (χ4n) is 2.91. The number of hydrogen-bond donors (Lipinski definition) is 2. The lowest BCUT2D eigenvalue weighted by molar-refractivity contribution is 0.0243. The van der Waals surface area contributed by atoms with Gasteiger partial charge >= 0.3 is 0 Å². The van der Waals surface area contributed by atoms with Crippen molar-refractivity contribution in [2.24, 2.45) is 4.99 Å². The Morgan fingerprint density at radius 2 is 2.12 bits per heavy atom. The molecule has 1 aliphatic heterocycles. The van der Waals surface area contributed by atoms with Crippen molar-refractivity contribution in [3.63, 3.8) is 0 Å². The third kappa shape index (κ3) is 5.09. The molecule has 1 saturated heterocycles. The van der Waals surface area contributed by atoms with E-state index in [2.05, 4.69) is 58.4 Å². The fourth-order valence-corrected chi connectivity index (χ4v) is 2.91. The van der Waals surface area contributed by atoms with Crippen molar-refractivity contribution < 1.29 is 4.74 Å². The number of anilines is 1. The van der Waals surface area contributed by atoms with E-state index in [1.807, 2.05) is 6.20 Å². The summed E-state index contributed by atoms with van der Waals surface area (Å²) in [6.07, 6.45) is 4.15. The van der Waals surface area contributed by atoms with E-state index in [1.165, 1.54) is 0 Å². The van der Waals surface area contributed by atoms with E-state index in [0.29, 0.717) is 6.54 Å². The van der Waals surface area contributed by atoms with Crippen LogP contribution in [0.4, 0.5) is 5.82 Å². The van der Waals surface area contributed by atoms with E-state index in [1.54, 1.807) is 7.05 Å². The number of hydrogen-bond acceptors (Lipinski definition) is 4. The minimum atomic E-state index is -0.0788. The zero-order chi connectivity index (χ0) is 17.4. The summed E-state index contributed by atoms with van der Waals surface area (Å²) in [6, 6.07) is 4.19. The van der Waals surface area contributed by atoms with Crippen LogP contribution in [0.25, 0.3) is 0 Å². The molecule has 0 aliphatic carbocycles. The summed E-state index contributed by atoms with van der Waals surface area (Å²) in [5.74, 6) is 1.82. The van der Waals surface area contributed by atoms with Crippen molar-refractivity contribution in [3.05, 3.63) is 23.9 Å². The van der Waals surface area contributed by atoms with Gasteiger partial charge < -0.3 is 20.3 Å². The molecule has 2 heterocycles. The number of pyridine rings is 1. The second-order valence-corrected chi connectivity index (χ2v) is 6.38.